The fraction of sp³-hybridized carbons (Fsp3) is 0.556. The van der Waals surface area contributed by atoms with Crippen LogP contribution >= 0.6 is 24.0 Å². The zero-order valence-corrected chi connectivity index (χ0v) is 18.4. The first-order chi connectivity index (χ1) is 12.5. The molecule has 154 valence electrons. The number of nitrogens with zero attached hydrogens (tertiary/aromatic N) is 2. The van der Waals surface area contributed by atoms with E-state index in [1.165, 1.54) is 6.07 Å². The predicted octanol–water partition coefficient (Wildman–Crippen LogP) is 2.78. The Balaban J connectivity index is 0.00000676. The van der Waals surface area contributed by atoms with Crippen LogP contribution in [0.1, 0.15) is 27.2 Å². The van der Waals surface area contributed by atoms with Crippen LogP contribution in [0.5, 0.6) is 5.75 Å². The SMILES string of the molecule is CCNC(=NCCC(=O)N(CC)CC)NCCOc1ccc(F)c(F)c1.I. The Hall–Kier alpha value is -1.65. The number of halogens is 3. The van der Waals surface area contributed by atoms with Crippen molar-refractivity contribution < 1.29 is 18.3 Å². The van der Waals surface area contributed by atoms with Crippen LogP contribution in [0.15, 0.2) is 23.2 Å². The summed E-state index contributed by atoms with van der Waals surface area (Å²) >= 11 is 0. The Labute approximate surface area is 176 Å². The molecule has 1 amide bonds. The third-order valence-electron chi connectivity index (χ3n) is 3.61. The van der Waals surface area contributed by atoms with Gasteiger partial charge in [-0.2, -0.15) is 0 Å². The molecular formula is C18H29F2IN4O2. The molecule has 1 rings (SSSR count). The van der Waals surface area contributed by atoms with E-state index < -0.39 is 11.6 Å². The summed E-state index contributed by atoms with van der Waals surface area (Å²) in [5.41, 5.74) is 0. The Bertz CT molecular complexity index is 599. The van der Waals surface area contributed by atoms with Gasteiger partial charge in [-0.05, 0) is 32.9 Å². The third-order valence-corrected chi connectivity index (χ3v) is 3.61. The lowest BCUT2D eigenvalue weighted by atomic mass is 10.3. The van der Waals surface area contributed by atoms with Gasteiger partial charge in [0.25, 0.3) is 0 Å². The Morgan fingerprint density at radius 2 is 1.85 bits per heavy atom. The summed E-state index contributed by atoms with van der Waals surface area (Å²) in [5.74, 6) is -0.929. The quantitative estimate of drug-likeness (QED) is 0.226. The van der Waals surface area contributed by atoms with Gasteiger partial charge in [-0.3, -0.25) is 9.79 Å². The minimum absolute atomic E-state index is 0. The average molecular weight is 498 g/mol. The number of rotatable bonds is 10. The highest BCUT2D eigenvalue weighted by Gasteiger charge is 2.08. The molecule has 6 nitrogen and oxygen atoms in total. The monoisotopic (exact) mass is 498 g/mol. The number of carbonyl (C=O) groups is 1. The zero-order chi connectivity index (χ0) is 19.4. The molecule has 27 heavy (non-hydrogen) atoms. The van der Waals surface area contributed by atoms with Gasteiger partial charge in [0, 0.05) is 32.1 Å². The lowest BCUT2D eigenvalue weighted by molar-refractivity contribution is -0.130. The van der Waals surface area contributed by atoms with Gasteiger partial charge in [-0.25, -0.2) is 8.78 Å². The largest absolute Gasteiger partial charge is 0.492 e. The van der Waals surface area contributed by atoms with Gasteiger partial charge in [-0.15, -0.1) is 24.0 Å². The molecule has 1 aromatic carbocycles. The van der Waals surface area contributed by atoms with Crippen molar-refractivity contribution in [1.82, 2.24) is 15.5 Å². The third kappa shape index (κ3) is 9.73. The number of hydrogen-bond acceptors (Lipinski definition) is 3. The van der Waals surface area contributed by atoms with Crippen molar-refractivity contribution in [1.29, 1.82) is 0 Å². The number of nitrogens with one attached hydrogen (secondary N) is 2. The molecular weight excluding hydrogens is 469 g/mol. The minimum Gasteiger partial charge on any atom is -0.492 e. The summed E-state index contributed by atoms with van der Waals surface area (Å²) in [7, 11) is 0. The molecule has 0 aliphatic carbocycles. The molecule has 1 aromatic rings. The first-order valence-electron chi connectivity index (χ1n) is 8.89. The van der Waals surface area contributed by atoms with Crippen molar-refractivity contribution in [3.63, 3.8) is 0 Å². The minimum atomic E-state index is -0.941. The molecule has 2 N–H and O–H groups in total. The van der Waals surface area contributed by atoms with E-state index in [0.29, 0.717) is 45.1 Å². The van der Waals surface area contributed by atoms with Gasteiger partial charge in [0.05, 0.1) is 13.1 Å². The second kappa shape index (κ2) is 14.4. The highest BCUT2D eigenvalue weighted by Crippen LogP contribution is 2.14. The fourth-order valence-electron chi connectivity index (χ4n) is 2.24. The molecule has 0 aliphatic heterocycles. The predicted molar refractivity (Wildman–Crippen MR) is 114 cm³/mol. The number of ether oxygens (including phenoxy) is 1. The van der Waals surface area contributed by atoms with E-state index in [1.54, 1.807) is 4.90 Å². The summed E-state index contributed by atoms with van der Waals surface area (Å²) < 4.78 is 31.3. The van der Waals surface area contributed by atoms with E-state index in [0.717, 1.165) is 12.1 Å². The summed E-state index contributed by atoms with van der Waals surface area (Å²) in [6.45, 7) is 8.97. The lowest BCUT2D eigenvalue weighted by Crippen LogP contribution is -2.39. The molecule has 0 aliphatic rings. The van der Waals surface area contributed by atoms with E-state index in [2.05, 4.69) is 15.6 Å². The van der Waals surface area contributed by atoms with Gasteiger partial charge in [0.15, 0.2) is 17.6 Å². The van der Waals surface area contributed by atoms with E-state index in [9.17, 15) is 13.6 Å². The summed E-state index contributed by atoms with van der Waals surface area (Å²) in [5, 5.41) is 6.15. The number of benzene rings is 1. The van der Waals surface area contributed by atoms with Gasteiger partial charge < -0.3 is 20.3 Å². The van der Waals surface area contributed by atoms with Crippen LogP contribution in [0.4, 0.5) is 8.78 Å². The zero-order valence-electron chi connectivity index (χ0n) is 16.1. The Morgan fingerprint density at radius 1 is 1.15 bits per heavy atom. The van der Waals surface area contributed by atoms with Gasteiger partial charge in [0.1, 0.15) is 12.4 Å². The second-order valence-corrected chi connectivity index (χ2v) is 5.43. The molecule has 0 fully saturated rings. The highest BCUT2D eigenvalue weighted by atomic mass is 127. The Morgan fingerprint density at radius 3 is 2.44 bits per heavy atom. The molecule has 0 radical (unpaired) electrons. The lowest BCUT2D eigenvalue weighted by Gasteiger charge is -2.18. The van der Waals surface area contributed by atoms with Crippen molar-refractivity contribution >= 4 is 35.8 Å². The first kappa shape index (κ1) is 25.4. The van der Waals surface area contributed by atoms with Crippen molar-refractivity contribution in [2.75, 3.05) is 39.3 Å². The number of hydrogen-bond donors (Lipinski definition) is 2. The summed E-state index contributed by atoms with van der Waals surface area (Å²) in [4.78, 5) is 18.1. The van der Waals surface area contributed by atoms with Crippen molar-refractivity contribution in [2.24, 2.45) is 4.99 Å². The van der Waals surface area contributed by atoms with Crippen LogP contribution in [0.3, 0.4) is 0 Å². The fourth-order valence-corrected chi connectivity index (χ4v) is 2.24. The van der Waals surface area contributed by atoms with Gasteiger partial charge in [-0.1, -0.05) is 0 Å². The average Bonchev–Trinajstić information content (AvgIpc) is 2.62. The molecule has 9 heteroatoms. The van der Waals surface area contributed by atoms with Crippen molar-refractivity contribution in [3.8, 4) is 5.75 Å². The van der Waals surface area contributed by atoms with E-state index in [-0.39, 0.29) is 42.2 Å². The van der Waals surface area contributed by atoms with Crippen molar-refractivity contribution in [2.45, 2.75) is 27.2 Å². The van der Waals surface area contributed by atoms with Crippen molar-refractivity contribution in [3.05, 3.63) is 29.8 Å². The maximum Gasteiger partial charge on any atom is 0.224 e. The van der Waals surface area contributed by atoms with Crippen LogP contribution in [0.2, 0.25) is 0 Å². The molecule has 0 bridgehead atoms. The number of aliphatic imine (C=N–C) groups is 1. The van der Waals surface area contributed by atoms with Crippen LogP contribution in [0.25, 0.3) is 0 Å². The normalized spacial score (nSPS) is 10.8. The Kier molecular flexibility index (Phi) is 13.5. The highest BCUT2D eigenvalue weighted by molar-refractivity contribution is 14.0. The second-order valence-electron chi connectivity index (χ2n) is 5.43. The first-order valence-corrected chi connectivity index (χ1v) is 8.89. The van der Waals surface area contributed by atoms with E-state index in [1.807, 2.05) is 20.8 Å². The van der Waals surface area contributed by atoms with Crippen LogP contribution in [0, 0.1) is 11.6 Å². The van der Waals surface area contributed by atoms with Crippen LogP contribution in [-0.2, 0) is 4.79 Å². The smallest absolute Gasteiger partial charge is 0.224 e. The maximum atomic E-state index is 13.1. The standard InChI is InChI=1S/C18H28F2N4O2.HI/c1-4-21-18(22-10-9-17(25)24(5-2)6-3)23-11-12-26-14-7-8-15(19)16(20)13-14;/h7-8,13H,4-6,9-12H2,1-3H3,(H2,21,22,23);1H. The molecule has 0 saturated heterocycles. The van der Waals surface area contributed by atoms with E-state index in [4.69, 9.17) is 4.74 Å². The van der Waals surface area contributed by atoms with Crippen LogP contribution in [-0.4, -0.2) is 56.1 Å². The number of amides is 1. The molecule has 0 unspecified atom stereocenters. The summed E-state index contributed by atoms with van der Waals surface area (Å²) in [6.07, 6.45) is 0.351. The maximum absolute atomic E-state index is 13.1. The molecule has 0 saturated carbocycles. The number of guanidine groups is 1. The molecule has 0 atom stereocenters. The molecule has 0 spiro atoms. The summed E-state index contributed by atoms with van der Waals surface area (Å²) in [6, 6.07) is 3.40. The van der Waals surface area contributed by atoms with Crippen LogP contribution < -0.4 is 15.4 Å². The van der Waals surface area contributed by atoms with Gasteiger partial charge >= 0.3 is 0 Å². The number of carbonyl (C=O) groups excluding carboxylic acids is 1. The van der Waals surface area contributed by atoms with E-state index >= 15 is 0 Å². The topological polar surface area (TPSA) is 66.0 Å². The molecule has 0 aromatic heterocycles. The van der Waals surface area contributed by atoms with Gasteiger partial charge in [0.2, 0.25) is 5.91 Å². The molecule has 0 heterocycles.